The van der Waals surface area contributed by atoms with Crippen LogP contribution in [0.1, 0.15) is 5.56 Å². The molecule has 7 heteroatoms. The van der Waals surface area contributed by atoms with Gasteiger partial charge in [-0.25, -0.2) is 0 Å². The molecule has 0 aliphatic rings. The molecule has 0 aliphatic carbocycles. The van der Waals surface area contributed by atoms with Crippen LogP contribution in [-0.2, 0) is 6.54 Å². The highest BCUT2D eigenvalue weighted by molar-refractivity contribution is 7.80. The number of nitrogens with zero attached hydrogens (tertiary/aromatic N) is 2. The van der Waals surface area contributed by atoms with Gasteiger partial charge in [-0.2, -0.15) is 5.10 Å². The van der Waals surface area contributed by atoms with Crippen molar-refractivity contribution in [2.75, 3.05) is 10.6 Å². The lowest BCUT2D eigenvalue weighted by Gasteiger charge is -2.10. The number of anilines is 2. The van der Waals surface area contributed by atoms with Crippen molar-refractivity contribution in [3.8, 4) is 0 Å². The van der Waals surface area contributed by atoms with Gasteiger partial charge in [0.1, 0.15) is 0 Å². The third kappa shape index (κ3) is 4.26. The maximum atomic E-state index is 6.17. The van der Waals surface area contributed by atoms with Gasteiger partial charge in [0.15, 0.2) is 5.11 Å². The molecule has 122 valence electrons. The van der Waals surface area contributed by atoms with Gasteiger partial charge in [0.2, 0.25) is 0 Å². The fraction of sp³-hybridized carbons (Fsp3) is 0.0588. The van der Waals surface area contributed by atoms with Crippen molar-refractivity contribution in [1.29, 1.82) is 0 Å². The molecule has 2 N–H and O–H groups in total. The van der Waals surface area contributed by atoms with Gasteiger partial charge in [0.05, 0.1) is 29.1 Å². The van der Waals surface area contributed by atoms with E-state index in [4.69, 9.17) is 35.4 Å². The summed E-state index contributed by atoms with van der Waals surface area (Å²) in [6.45, 7) is 0.589. The smallest absolute Gasteiger partial charge is 0.175 e. The minimum Gasteiger partial charge on any atom is -0.331 e. The lowest BCUT2D eigenvalue weighted by Crippen LogP contribution is -2.18. The Balaban J connectivity index is 1.63. The third-order valence-electron chi connectivity index (χ3n) is 3.30. The van der Waals surface area contributed by atoms with Crippen LogP contribution in [0.2, 0.25) is 10.0 Å². The number of thiocarbonyl (C=S) groups is 1. The van der Waals surface area contributed by atoms with Gasteiger partial charge in [-0.05, 0) is 36.0 Å². The summed E-state index contributed by atoms with van der Waals surface area (Å²) in [5, 5.41) is 12.2. The van der Waals surface area contributed by atoms with E-state index in [1.165, 1.54) is 0 Å². The molecule has 3 aromatic rings. The summed E-state index contributed by atoms with van der Waals surface area (Å²) in [4.78, 5) is 0. The van der Waals surface area contributed by atoms with Crippen molar-refractivity contribution in [2.24, 2.45) is 0 Å². The van der Waals surface area contributed by atoms with Crippen LogP contribution in [0, 0.1) is 0 Å². The van der Waals surface area contributed by atoms with Crippen LogP contribution in [0.3, 0.4) is 0 Å². The average molecular weight is 377 g/mol. The molecule has 1 aromatic heterocycles. The number of hydrogen-bond acceptors (Lipinski definition) is 2. The number of nitrogens with one attached hydrogen (secondary N) is 2. The molecule has 0 amide bonds. The first-order valence-corrected chi connectivity index (χ1v) is 8.36. The average Bonchev–Trinajstić information content (AvgIpc) is 2.99. The van der Waals surface area contributed by atoms with E-state index in [1.54, 1.807) is 16.9 Å². The predicted molar refractivity (Wildman–Crippen MR) is 104 cm³/mol. The Kier molecular flexibility index (Phi) is 5.35. The summed E-state index contributed by atoms with van der Waals surface area (Å²) in [6.07, 6.45) is 3.57. The molecule has 0 aliphatic heterocycles. The monoisotopic (exact) mass is 376 g/mol. The maximum Gasteiger partial charge on any atom is 0.175 e. The first kappa shape index (κ1) is 16.8. The van der Waals surface area contributed by atoms with E-state index in [-0.39, 0.29) is 0 Å². The molecule has 2 aromatic carbocycles. The van der Waals surface area contributed by atoms with Gasteiger partial charge in [-0.1, -0.05) is 53.5 Å². The molecule has 1 heterocycles. The Hall–Kier alpha value is -2.08. The molecule has 4 nitrogen and oxygen atoms in total. The van der Waals surface area contributed by atoms with Crippen molar-refractivity contribution in [3.05, 3.63) is 76.5 Å². The normalized spacial score (nSPS) is 10.4. The Labute approximate surface area is 155 Å². The quantitative estimate of drug-likeness (QED) is 0.625. The zero-order valence-electron chi connectivity index (χ0n) is 12.5. The molecule has 0 spiro atoms. The van der Waals surface area contributed by atoms with Crippen LogP contribution < -0.4 is 10.6 Å². The molecular weight excluding hydrogens is 363 g/mol. The van der Waals surface area contributed by atoms with Crippen LogP contribution in [0.25, 0.3) is 0 Å². The van der Waals surface area contributed by atoms with Gasteiger partial charge in [-0.15, -0.1) is 0 Å². The Bertz CT molecular complexity index is 863. The van der Waals surface area contributed by atoms with E-state index >= 15 is 0 Å². The molecular formula is C17H14Cl2N4S. The molecule has 24 heavy (non-hydrogen) atoms. The number of rotatable bonds is 4. The van der Waals surface area contributed by atoms with Gasteiger partial charge in [0.25, 0.3) is 0 Å². The first-order valence-electron chi connectivity index (χ1n) is 7.20. The maximum absolute atomic E-state index is 6.17. The Morgan fingerprint density at radius 1 is 1.00 bits per heavy atom. The first-order chi connectivity index (χ1) is 11.6. The summed E-state index contributed by atoms with van der Waals surface area (Å²) in [5.41, 5.74) is 2.54. The van der Waals surface area contributed by atoms with Gasteiger partial charge >= 0.3 is 0 Å². The minimum absolute atomic E-state index is 0.445. The van der Waals surface area contributed by atoms with Crippen molar-refractivity contribution in [1.82, 2.24) is 9.78 Å². The van der Waals surface area contributed by atoms with Crippen LogP contribution in [0.5, 0.6) is 0 Å². The number of halogens is 2. The second-order valence-corrected chi connectivity index (χ2v) is 6.30. The number of hydrogen-bond donors (Lipinski definition) is 2. The van der Waals surface area contributed by atoms with E-state index in [9.17, 15) is 0 Å². The number of para-hydroxylation sites is 1. The lowest BCUT2D eigenvalue weighted by molar-refractivity contribution is 0.687. The molecule has 0 atom stereocenters. The van der Waals surface area contributed by atoms with Gasteiger partial charge < -0.3 is 10.6 Å². The zero-order valence-corrected chi connectivity index (χ0v) is 14.9. The van der Waals surface area contributed by atoms with Crippen LogP contribution in [-0.4, -0.2) is 14.9 Å². The van der Waals surface area contributed by atoms with Gasteiger partial charge in [0, 0.05) is 11.2 Å². The van der Waals surface area contributed by atoms with E-state index in [0.29, 0.717) is 16.7 Å². The Morgan fingerprint density at radius 2 is 1.71 bits per heavy atom. The van der Waals surface area contributed by atoms with Crippen molar-refractivity contribution in [2.45, 2.75) is 6.54 Å². The number of aromatic nitrogens is 2. The van der Waals surface area contributed by atoms with E-state index in [2.05, 4.69) is 15.7 Å². The minimum atomic E-state index is 0.445. The van der Waals surface area contributed by atoms with Gasteiger partial charge in [-0.3, -0.25) is 4.68 Å². The predicted octanol–water partition coefficient (Wildman–Crippen LogP) is 5.05. The summed E-state index contributed by atoms with van der Waals surface area (Å²) in [7, 11) is 0. The molecule has 0 bridgehead atoms. The topological polar surface area (TPSA) is 41.9 Å². The molecule has 0 fully saturated rings. The van der Waals surface area contributed by atoms with Crippen molar-refractivity contribution < 1.29 is 0 Å². The van der Waals surface area contributed by atoms with E-state index in [0.717, 1.165) is 22.0 Å². The highest BCUT2D eigenvalue weighted by Gasteiger charge is 2.06. The highest BCUT2D eigenvalue weighted by atomic mass is 35.5. The van der Waals surface area contributed by atoms with Crippen LogP contribution in [0.4, 0.5) is 11.4 Å². The summed E-state index contributed by atoms with van der Waals surface area (Å²) in [5.74, 6) is 0. The summed E-state index contributed by atoms with van der Waals surface area (Å²) < 4.78 is 1.79. The highest BCUT2D eigenvalue weighted by Crippen LogP contribution is 2.21. The largest absolute Gasteiger partial charge is 0.331 e. The van der Waals surface area contributed by atoms with Crippen molar-refractivity contribution >= 4 is 51.9 Å². The number of benzene rings is 2. The molecule has 0 saturated heterocycles. The molecule has 0 unspecified atom stereocenters. The SMILES string of the molecule is S=C(Nc1cnn(Cc2ccccc2Cl)c1)Nc1ccccc1Cl. The summed E-state index contributed by atoms with van der Waals surface area (Å²) in [6, 6.07) is 15.1. The Morgan fingerprint density at radius 3 is 2.46 bits per heavy atom. The molecule has 0 saturated carbocycles. The molecule has 0 radical (unpaired) electrons. The second-order valence-electron chi connectivity index (χ2n) is 5.08. The zero-order chi connectivity index (χ0) is 16.9. The van der Waals surface area contributed by atoms with Crippen LogP contribution >= 0.6 is 35.4 Å². The molecule has 3 rings (SSSR count). The lowest BCUT2D eigenvalue weighted by atomic mass is 10.2. The van der Waals surface area contributed by atoms with Crippen LogP contribution in [0.15, 0.2) is 60.9 Å². The fourth-order valence-corrected chi connectivity index (χ4v) is 2.77. The van der Waals surface area contributed by atoms with E-state index in [1.807, 2.05) is 48.7 Å². The second kappa shape index (κ2) is 7.66. The van der Waals surface area contributed by atoms with E-state index < -0.39 is 0 Å². The summed E-state index contributed by atoms with van der Waals surface area (Å²) >= 11 is 17.6. The standard InChI is InChI=1S/C17H14Cl2N4S/c18-14-6-2-1-5-12(14)10-23-11-13(9-20-23)21-17(24)22-16-8-4-3-7-15(16)19/h1-9,11H,10H2,(H2,21,22,24). The fourth-order valence-electron chi connectivity index (χ4n) is 2.16. The van der Waals surface area contributed by atoms with Crippen molar-refractivity contribution in [3.63, 3.8) is 0 Å². The third-order valence-corrected chi connectivity index (χ3v) is 4.21.